The van der Waals surface area contributed by atoms with Crippen LogP contribution in [0.3, 0.4) is 0 Å². The molecule has 0 saturated carbocycles. The fourth-order valence-corrected chi connectivity index (χ4v) is 3.08. The molecule has 2 aliphatic rings. The third-order valence-electron chi connectivity index (χ3n) is 4.27. The number of carbonyl (C=O) groups excluding carboxylic acids is 1. The summed E-state index contributed by atoms with van der Waals surface area (Å²) in [6.07, 6.45) is 4.42. The second-order valence-corrected chi connectivity index (χ2v) is 5.62. The van der Waals surface area contributed by atoms with Crippen LogP contribution >= 0.6 is 0 Å². The molecule has 1 amide bonds. The van der Waals surface area contributed by atoms with Crippen LogP contribution < -0.4 is 0 Å². The Morgan fingerprint density at radius 1 is 1.19 bits per heavy atom. The van der Waals surface area contributed by atoms with Crippen LogP contribution in [-0.2, 0) is 22.4 Å². The highest BCUT2D eigenvalue weighted by Crippen LogP contribution is 2.23. The first-order chi connectivity index (χ1) is 10.2. The summed E-state index contributed by atoms with van der Waals surface area (Å²) in [5.74, 6) is -1.22. The molecule has 1 atom stereocenters. The van der Waals surface area contributed by atoms with Crippen molar-refractivity contribution >= 4 is 11.9 Å². The van der Waals surface area contributed by atoms with Crippen molar-refractivity contribution in [3.8, 4) is 0 Å². The van der Waals surface area contributed by atoms with Gasteiger partial charge in [-0.1, -0.05) is 6.07 Å². The van der Waals surface area contributed by atoms with Gasteiger partial charge in [-0.3, -0.25) is 4.79 Å². The summed E-state index contributed by atoms with van der Waals surface area (Å²) in [5.41, 5.74) is 3.13. The van der Waals surface area contributed by atoms with Crippen LogP contribution in [0.25, 0.3) is 0 Å². The fraction of sp³-hybridized carbons (Fsp3) is 0.500. The maximum Gasteiger partial charge on any atom is 0.328 e. The molecule has 0 aromatic heterocycles. The number of ether oxygens (including phenoxy) is 1. The third-order valence-corrected chi connectivity index (χ3v) is 4.27. The number of hydrogen-bond donors (Lipinski definition) is 1. The van der Waals surface area contributed by atoms with Gasteiger partial charge in [0.25, 0.3) is 5.91 Å². The summed E-state index contributed by atoms with van der Waals surface area (Å²) in [4.78, 5) is 25.3. The van der Waals surface area contributed by atoms with E-state index in [0.29, 0.717) is 18.7 Å². The number of carbonyl (C=O) groups is 2. The zero-order valence-corrected chi connectivity index (χ0v) is 11.9. The van der Waals surface area contributed by atoms with Gasteiger partial charge in [0.05, 0.1) is 13.2 Å². The second-order valence-electron chi connectivity index (χ2n) is 5.62. The molecule has 21 heavy (non-hydrogen) atoms. The van der Waals surface area contributed by atoms with Crippen molar-refractivity contribution in [3.05, 3.63) is 34.9 Å². The maximum atomic E-state index is 12.6. The number of hydrogen-bond acceptors (Lipinski definition) is 3. The summed E-state index contributed by atoms with van der Waals surface area (Å²) in [6.45, 7) is 0.777. The lowest BCUT2D eigenvalue weighted by Crippen LogP contribution is -2.52. The molecule has 1 aliphatic heterocycles. The van der Waals surface area contributed by atoms with Crippen molar-refractivity contribution in [2.45, 2.75) is 31.7 Å². The number of morpholine rings is 1. The van der Waals surface area contributed by atoms with Crippen LogP contribution in [0.1, 0.15) is 34.3 Å². The van der Waals surface area contributed by atoms with Gasteiger partial charge in [-0.25, -0.2) is 4.79 Å². The minimum absolute atomic E-state index is 0.0615. The summed E-state index contributed by atoms with van der Waals surface area (Å²) >= 11 is 0. The molecule has 5 nitrogen and oxygen atoms in total. The molecule has 0 radical (unpaired) electrons. The largest absolute Gasteiger partial charge is 0.480 e. The molecule has 0 bridgehead atoms. The van der Waals surface area contributed by atoms with E-state index in [9.17, 15) is 14.7 Å². The minimum Gasteiger partial charge on any atom is -0.480 e. The lowest BCUT2D eigenvalue weighted by Gasteiger charge is -2.33. The Morgan fingerprint density at radius 2 is 1.95 bits per heavy atom. The number of fused-ring (bicyclic) bond motifs is 1. The summed E-state index contributed by atoms with van der Waals surface area (Å²) in [7, 11) is 0. The van der Waals surface area contributed by atoms with Gasteiger partial charge in [-0.05, 0) is 48.9 Å². The predicted octanol–water partition coefficient (Wildman–Crippen LogP) is 1.49. The van der Waals surface area contributed by atoms with Crippen molar-refractivity contribution in [2.24, 2.45) is 0 Å². The average molecular weight is 289 g/mol. The van der Waals surface area contributed by atoms with Crippen LogP contribution in [0.2, 0.25) is 0 Å². The van der Waals surface area contributed by atoms with Gasteiger partial charge in [0.1, 0.15) is 0 Å². The number of aryl methyl sites for hydroxylation is 2. The van der Waals surface area contributed by atoms with Crippen LogP contribution in [0.4, 0.5) is 0 Å². The van der Waals surface area contributed by atoms with E-state index in [4.69, 9.17) is 4.74 Å². The highest BCUT2D eigenvalue weighted by atomic mass is 16.5. The Bertz CT molecular complexity index is 569. The van der Waals surface area contributed by atoms with Gasteiger partial charge in [0.2, 0.25) is 0 Å². The van der Waals surface area contributed by atoms with Gasteiger partial charge in [-0.15, -0.1) is 0 Å². The quantitative estimate of drug-likeness (QED) is 0.895. The molecular weight excluding hydrogens is 270 g/mol. The molecule has 1 N–H and O–H groups in total. The summed E-state index contributed by atoms with van der Waals surface area (Å²) in [5, 5.41) is 9.22. The molecule has 0 spiro atoms. The Hall–Kier alpha value is -1.88. The van der Waals surface area contributed by atoms with E-state index >= 15 is 0 Å². The molecule has 0 unspecified atom stereocenters. The Balaban J connectivity index is 1.85. The van der Waals surface area contributed by atoms with E-state index in [0.717, 1.165) is 19.3 Å². The first-order valence-electron chi connectivity index (χ1n) is 7.40. The van der Waals surface area contributed by atoms with Crippen LogP contribution in [0, 0.1) is 0 Å². The lowest BCUT2D eigenvalue weighted by molar-refractivity contribution is -0.147. The van der Waals surface area contributed by atoms with E-state index in [1.165, 1.54) is 22.4 Å². The van der Waals surface area contributed by atoms with Gasteiger partial charge in [0.15, 0.2) is 6.04 Å². The molecular formula is C16H19NO4. The average Bonchev–Trinajstić information content (AvgIpc) is 2.53. The Kier molecular flexibility index (Phi) is 3.92. The first kappa shape index (κ1) is 14.1. The lowest BCUT2D eigenvalue weighted by atomic mass is 9.90. The molecule has 112 valence electrons. The van der Waals surface area contributed by atoms with Crippen LogP contribution in [0.5, 0.6) is 0 Å². The monoisotopic (exact) mass is 289 g/mol. The highest BCUT2D eigenvalue weighted by Gasteiger charge is 2.33. The van der Waals surface area contributed by atoms with Crippen molar-refractivity contribution in [1.29, 1.82) is 0 Å². The van der Waals surface area contributed by atoms with Crippen LogP contribution in [-0.4, -0.2) is 47.7 Å². The number of carboxylic acid groups (broad SMARTS) is 1. The van der Waals surface area contributed by atoms with Crippen molar-refractivity contribution in [3.63, 3.8) is 0 Å². The smallest absolute Gasteiger partial charge is 0.328 e. The Morgan fingerprint density at radius 3 is 2.71 bits per heavy atom. The number of amides is 1. The molecule has 1 aromatic rings. The molecule has 1 aromatic carbocycles. The number of benzene rings is 1. The second kappa shape index (κ2) is 5.85. The zero-order valence-electron chi connectivity index (χ0n) is 11.9. The fourth-order valence-electron chi connectivity index (χ4n) is 3.08. The van der Waals surface area contributed by atoms with Gasteiger partial charge >= 0.3 is 5.97 Å². The molecule has 1 saturated heterocycles. The van der Waals surface area contributed by atoms with E-state index in [1.54, 1.807) is 0 Å². The van der Waals surface area contributed by atoms with E-state index in [2.05, 4.69) is 0 Å². The van der Waals surface area contributed by atoms with Crippen molar-refractivity contribution in [2.75, 3.05) is 19.8 Å². The highest BCUT2D eigenvalue weighted by molar-refractivity contribution is 5.97. The van der Waals surface area contributed by atoms with E-state index < -0.39 is 12.0 Å². The van der Waals surface area contributed by atoms with Gasteiger partial charge < -0.3 is 14.7 Å². The first-order valence-corrected chi connectivity index (χ1v) is 7.40. The molecule has 1 aliphatic carbocycles. The molecule has 5 heteroatoms. The number of carboxylic acids is 1. The number of rotatable bonds is 2. The zero-order chi connectivity index (χ0) is 14.8. The maximum absolute atomic E-state index is 12.6. The van der Waals surface area contributed by atoms with Crippen molar-refractivity contribution < 1.29 is 19.4 Å². The molecule has 1 fully saturated rings. The van der Waals surface area contributed by atoms with Gasteiger partial charge in [-0.2, -0.15) is 0 Å². The molecule has 3 rings (SSSR count). The van der Waals surface area contributed by atoms with Crippen molar-refractivity contribution in [1.82, 2.24) is 4.90 Å². The van der Waals surface area contributed by atoms with E-state index in [-0.39, 0.29) is 12.5 Å². The summed E-state index contributed by atoms with van der Waals surface area (Å²) < 4.78 is 5.18. The topological polar surface area (TPSA) is 66.8 Å². The van der Waals surface area contributed by atoms with E-state index in [1.807, 2.05) is 18.2 Å². The summed E-state index contributed by atoms with van der Waals surface area (Å²) in [6, 6.07) is 4.88. The SMILES string of the molecule is O=C(O)[C@@H]1COCCN1C(=O)c1ccc2c(c1)CCCC2. The van der Waals surface area contributed by atoms with Gasteiger partial charge in [0, 0.05) is 12.1 Å². The number of aliphatic carboxylic acids is 1. The third kappa shape index (κ3) is 2.78. The van der Waals surface area contributed by atoms with Crippen LogP contribution in [0.15, 0.2) is 18.2 Å². The normalized spacial score (nSPS) is 21.7. The number of nitrogens with zero attached hydrogens (tertiary/aromatic N) is 1. The minimum atomic E-state index is -1.01. The Labute approximate surface area is 123 Å². The predicted molar refractivity (Wildman–Crippen MR) is 76.4 cm³/mol. The standard InChI is InChI=1S/C16H19NO4/c18-15(17-7-8-21-10-14(17)16(19)20)13-6-5-11-3-1-2-4-12(11)9-13/h5-6,9,14H,1-4,7-8,10H2,(H,19,20)/t14-/m0/s1. The molecule has 1 heterocycles.